The van der Waals surface area contributed by atoms with Crippen molar-refractivity contribution in [3.8, 4) is 11.1 Å². The van der Waals surface area contributed by atoms with E-state index in [2.05, 4.69) is 78.9 Å². The minimum Gasteiger partial charge on any atom is -0.398 e. The molecule has 2 N–H and O–H groups in total. The van der Waals surface area contributed by atoms with Crippen molar-refractivity contribution in [3.63, 3.8) is 0 Å². The molecule has 1 nitrogen and oxygen atoms in total. The van der Waals surface area contributed by atoms with Gasteiger partial charge < -0.3 is 5.73 Å². The molecule has 0 saturated heterocycles. The normalized spacial score (nSPS) is 14.7. The Hall–Kier alpha value is -3.50. The molecule has 4 aromatic rings. The molecule has 0 heterocycles. The third-order valence-electron chi connectivity index (χ3n) is 6.17. The molecule has 1 heteroatoms. The van der Waals surface area contributed by atoms with E-state index in [-0.39, 0.29) is 5.41 Å². The lowest BCUT2D eigenvalue weighted by molar-refractivity contribution is 0.724. The lowest BCUT2D eigenvalue weighted by atomic mass is 9.61. The summed E-state index contributed by atoms with van der Waals surface area (Å²) in [5.74, 6) is 0. The van der Waals surface area contributed by atoms with Crippen LogP contribution in [0, 0.1) is 12.1 Å². The molecule has 0 fully saturated rings. The Morgan fingerprint density at radius 1 is 0.741 bits per heavy atom. The van der Waals surface area contributed by atoms with Gasteiger partial charge in [-0.25, -0.2) is 0 Å². The molecule has 0 radical (unpaired) electrons. The van der Waals surface area contributed by atoms with Crippen LogP contribution in [0.2, 0.25) is 0 Å². The third kappa shape index (κ3) is 1.66. The zero-order valence-corrected chi connectivity index (χ0v) is 14.8. The number of hydrogen-bond donors (Lipinski definition) is 1. The van der Waals surface area contributed by atoms with E-state index in [1.54, 1.807) is 0 Å². The van der Waals surface area contributed by atoms with Crippen LogP contribution in [0.4, 0.5) is 5.69 Å². The van der Waals surface area contributed by atoms with Crippen LogP contribution in [0.15, 0.2) is 78.9 Å². The van der Waals surface area contributed by atoms with Gasteiger partial charge in [0.1, 0.15) is 0 Å². The van der Waals surface area contributed by atoms with Crippen molar-refractivity contribution in [2.24, 2.45) is 0 Å². The molecule has 1 atom stereocenters. The van der Waals surface area contributed by atoms with Crippen molar-refractivity contribution < 1.29 is 0 Å². The highest BCUT2D eigenvalue weighted by molar-refractivity contribution is 5.91. The zero-order valence-electron chi connectivity index (χ0n) is 14.8. The maximum absolute atomic E-state index is 6.65. The minimum atomic E-state index is -0.382. The second-order valence-corrected chi connectivity index (χ2v) is 7.39. The highest BCUT2D eigenvalue weighted by atomic mass is 14.6. The summed E-state index contributed by atoms with van der Waals surface area (Å²) >= 11 is 0. The van der Waals surface area contributed by atoms with Crippen molar-refractivity contribution >= 4 is 5.69 Å². The van der Waals surface area contributed by atoms with Crippen LogP contribution in [-0.2, 0) is 11.8 Å². The maximum Gasteiger partial charge on any atom is 0.0745 e. The molecule has 126 valence electrons. The van der Waals surface area contributed by atoms with Gasteiger partial charge >= 0.3 is 0 Å². The largest absolute Gasteiger partial charge is 0.398 e. The van der Waals surface area contributed by atoms with E-state index < -0.39 is 0 Å². The summed E-state index contributed by atoms with van der Waals surface area (Å²) in [6, 6.07) is 34.6. The van der Waals surface area contributed by atoms with Crippen molar-refractivity contribution in [1.29, 1.82) is 0 Å². The molecule has 1 spiro atoms. The van der Waals surface area contributed by atoms with Crippen molar-refractivity contribution in [2.45, 2.75) is 11.8 Å². The first-order valence-electron chi connectivity index (χ1n) is 9.31. The monoisotopic (exact) mass is 343 g/mol. The lowest BCUT2D eigenvalue weighted by Gasteiger charge is -2.39. The predicted octanol–water partition coefficient (Wildman–Crippen LogP) is 5.14. The average molecular weight is 343 g/mol. The first kappa shape index (κ1) is 14.6. The molecule has 27 heavy (non-hydrogen) atoms. The van der Waals surface area contributed by atoms with E-state index in [4.69, 9.17) is 5.73 Å². The summed E-state index contributed by atoms with van der Waals surface area (Å²) in [6.07, 6.45) is 0.884. The highest BCUT2D eigenvalue weighted by Gasteiger charge is 2.50. The van der Waals surface area contributed by atoms with Gasteiger partial charge in [-0.3, -0.25) is 0 Å². The number of hydrogen-bond acceptors (Lipinski definition) is 1. The molecule has 0 saturated carbocycles. The smallest absolute Gasteiger partial charge is 0.0745 e. The Bertz CT molecular complexity index is 1170. The Kier molecular flexibility index (Phi) is 2.73. The van der Waals surface area contributed by atoms with Crippen LogP contribution in [-0.4, -0.2) is 0 Å². The number of nitrogens with two attached hydrogens (primary N) is 1. The summed E-state index contributed by atoms with van der Waals surface area (Å²) < 4.78 is 0. The molecule has 0 amide bonds. The van der Waals surface area contributed by atoms with Gasteiger partial charge in [0.25, 0.3) is 0 Å². The number of benzene rings is 3. The maximum atomic E-state index is 6.65. The topological polar surface area (TPSA) is 26.0 Å². The fourth-order valence-corrected chi connectivity index (χ4v) is 5.24. The van der Waals surface area contributed by atoms with E-state index in [1.165, 1.54) is 44.5 Å². The number of anilines is 1. The third-order valence-corrected chi connectivity index (χ3v) is 6.17. The summed E-state index contributed by atoms with van der Waals surface area (Å²) in [5.41, 5.74) is 17.3. The molecule has 0 unspecified atom stereocenters. The highest BCUT2D eigenvalue weighted by Crippen LogP contribution is 2.60. The van der Waals surface area contributed by atoms with Gasteiger partial charge in [-0.15, -0.1) is 0 Å². The molecule has 4 aromatic carbocycles. The van der Waals surface area contributed by atoms with Crippen LogP contribution in [0.25, 0.3) is 11.1 Å². The van der Waals surface area contributed by atoms with Gasteiger partial charge in [0, 0.05) is 23.2 Å². The predicted molar refractivity (Wildman–Crippen MR) is 109 cm³/mol. The van der Waals surface area contributed by atoms with Crippen molar-refractivity contribution in [2.75, 3.05) is 5.73 Å². The van der Waals surface area contributed by atoms with Gasteiger partial charge in [-0.05, 0) is 51.6 Å². The van der Waals surface area contributed by atoms with Gasteiger partial charge in [-0.1, -0.05) is 72.8 Å². The number of fused-ring (bicyclic) bond motifs is 9. The van der Waals surface area contributed by atoms with Crippen LogP contribution >= 0.6 is 0 Å². The fourth-order valence-electron chi connectivity index (χ4n) is 5.24. The molecule has 2 aliphatic carbocycles. The van der Waals surface area contributed by atoms with E-state index in [0.29, 0.717) is 0 Å². The van der Waals surface area contributed by atoms with Crippen molar-refractivity contribution in [3.05, 3.63) is 124 Å². The summed E-state index contributed by atoms with van der Waals surface area (Å²) in [5, 5.41) is 0. The molecule has 2 aliphatic rings. The van der Waals surface area contributed by atoms with Crippen LogP contribution in [0.3, 0.4) is 0 Å². The fraction of sp³-hybridized carbons (Fsp3) is 0.0769. The molecular formula is C26H17N. The first-order chi connectivity index (χ1) is 13.3. The van der Waals surface area contributed by atoms with Crippen molar-refractivity contribution in [1.82, 2.24) is 0 Å². The summed E-state index contributed by atoms with van der Waals surface area (Å²) in [6.45, 7) is 0. The summed E-state index contributed by atoms with van der Waals surface area (Å²) in [4.78, 5) is 0. The Labute approximate surface area is 159 Å². The molecule has 0 aromatic heterocycles. The first-order valence-corrected chi connectivity index (χ1v) is 9.31. The Morgan fingerprint density at radius 3 is 2.44 bits per heavy atom. The number of rotatable bonds is 0. The van der Waals surface area contributed by atoms with E-state index in [9.17, 15) is 0 Å². The summed E-state index contributed by atoms with van der Waals surface area (Å²) in [7, 11) is 0. The lowest BCUT2D eigenvalue weighted by Crippen LogP contribution is -2.34. The van der Waals surface area contributed by atoms with Crippen LogP contribution in [0.5, 0.6) is 0 Å². The van der Waals surface area contributed by atoms with Gasteiger partial charge in [0.05, 0.1) is 5.41 Å². The quantitative estimate of drug-likeness (QED) is 0.380. The van der Waals surface area contributed by atoms with Crippen LogP contribution < -0.4 is 5.73 Å². The van der Waals surface area contributed by atoms with Gasteiger partial charge in [0.2, 0.25) is 0 Å². The molecular weight excluding hydrogens is 326 g/mol. The van der Waals surface area contributed by atoms with E-state index in [1.807, 2.05) is 12.1 Å². The van der Waals surface area contributed by atoms with E-state index in [0.717, 1.165) is 12.1 Å². The van der Waals surface area contributed by atoms with Crippen LogP contribution in [0.1, 0.15) is 33.4 Å². The standard InChI is InChI=1S/C26H17N/c27-24-15-7-11-20-19-10-3-6-14-23(19)26(25(20)24)21-12-4-1-8-17(21)16-18-9-2-5-13-22(18)26/h1,3-8,10-15H,16,27H2/t26-/m0/s1. The van der Waals surface area contributed by atoms with E-state index >= 15 is 0 Å². The Balaban J connectivity index is 1.89. The average Bonchev–Trinajstić information content (AvgIpc) is 3.01. The SMILES string of the molecule is Nc1cccc2c1[C@@]1(c3ccc#cc3Cc3ccccc31)c1ccccc1-2. The molecule has 6 rings (SSSR count). The minimum absolute atomic E-state index is 0.382. The van der Waals surface area contributed by atoms with Gasteiger partial charge in [0.15, 0.2) is 0 Å². The second-order valence-electron chi connectivity index (χ2n) is 7.39. The van der Waals surface area contributed by atoms with Gasteiger partial charge in [-0.2, -0.15) is 0 Å². The second kappa shape index (κ2) is 5.02. The number of nitrogen functional groups attached to an aromatic ring is 1. The molecule has 0 bridgehead atoms. The Morgan fingerprint density at radius 2 is 1.52 bits per heavy atom. The molecule has 0 aliphatic heterocycles. The zero-order chi connectivity index (χ0) is 18.0.